The highest BCUT2D eigenvalue weighted by molar-refractivity contribution is 14.1. The predicted molar refractivity (Wildman–Crippen MR) is 55.9 cm³/mol. The standard InChI is InChI=1S/C9H4F2IN3/c10-9(11)7-3-6(12)5(1-2-13)8(4-14)15-7/h3,9H,1H2. The molecule has 0 bridgehead atoms. The summed E-state index contributed by atoms with van der Waals surface area (Å²) in [6.45, 7) is 0. The van der Waals surface area contributed by atoms with Crippen molar-refractivity contribution in [3.05, 3.63) is 26.6 Å². The Morgan fingerprint density at radius 3 is 2.60 bits per heavy atom. The van der Waals surface area contributed by atoms with Crippen molar-refractivity contribution in [2.45, 2.75) is 12.8 Å². The van der Waals surface area contributed by atoms with Crippen molar-refractivity contribution in [1.82, 2.24) is 4.98 Å². The monoisotopic (exact) mass is 319 g/mol. The van der Waals surface area contributed by atoms with Gasteiger partial charge in [-0.05, 0) is 28.7 Å². The fraction of sp³-hybridized carbons (Fsp3) is 0.222. The number of nitriles is 2. The molecule has 76 valence electrons. The van der Waals surface area contributed by atoms with Gasteiger partial charge in [-0.15, -0.1) is 0 Å². The zero-order valence-corrected chi connectivity index (χ0v) is 9.49. The Labute approximate surface area is 98.5 Å². The van der Waals surface area contributed by atoms with E-state index in [2.05, 4.69) is 4.98 Å². The quantitative estimate of drug-likeness (QED) is 0.787. The summed E-state index contributed by atoms with van der Waals surface area (Å²) >= 11 is 1.82. The summed E-state index contributed by atoms with van der Waals surface area (Å²) in [5.74, 6) is 0. The van der Waals surface area contributed by atoms with E-state index in [4.69, 9.17) is 10.5 Å². The van der Waals surface area contributed by atoms with Crippen molar-refractivity contribution < 1.29 is 8.78 Å². The molecule has 15 heavy (non-hydrogen) atoms. The molecule has 0 aromatic carbocycles. The number of rotatable bonds is 2. The predicted octanol–water partition coefficient (Wildman–Crippen LogP) is 2.56. The summed E-state index contributed by atoms with van der Waals surface area (Å²) in [5.41, 5.74) is -0.124. The van der Waals surface area contributed by atoms with Crippen molar-refractivity contribution in [3.8, 4) is 12.1 Å². The SMILES string of the molecule is N#CCc1c(I)cc(C(F)F)nc1C#N. The molecule has 1 rings (SSSR count). The second-order valence-corrected chi connectivity index (χ2v) is 3.77. The number of pyridine rings is 1. The van der Waals surface area contributed by atoms with Crippen LogP contribution in [0.5, 0.6) is 0 Å². The summed E-state index contributed by atoms with van der Waals surface area (Å²) in [6.07, 6.45) is -2.71. The van der Waals surface area contributed by atoms with Gasteiger partial charge in [0.2, 0.25) is 0 Å². The third-order valence-electron chi connectivity index (χ3n) is 1.67. The molecule has 0 radical (unpaired) electrons. The summed E-state index contributed by atoms with van der Waals surface area (Å²) in [7, 11) is 0. The second-order valence-electron chi connectivity index (χ2n) is 2.60. The van der Waals surface area contributed by atoms with E-state index in [1.54, 1.807) is 6.07 Å². The molecule has 0 atom stereocenters. The van der Waals surface area contributed by atoms with Crippen molar-refractivity contribution >= 4 is 22.6 Å². The fourth-order valence-corrected chi connectivity index (χ4v) is 1.78. The largest absolute Gasteiger partial charge is 0.280 e. The first-order valence-electron chi connectivity index (χ1n) is 3.84. The number of halogens is 3. The van der Waals surface area contributed by atoms with Gasteiger partial charge in [0.1, 0.15) is 17.5 Å². The molecule has 0 aliphatic rings. The maximum atomic E-state index is 12.3. The highest BCUT2D eigenvalue weighted by Gasteiger charge is 2.15. The molecule has 0 spiro atoms. The van der Waals surface area contributed by atoms with Gasteiger partial charge in [0.15, 0.2) is 0 Å². The Balaban J connectivity index is 3.33. The number of hydrogen-bond donors (Lipinski definition) is 0. The van der Waals surface area contributed by atoms with Crippen LogP contribution in [0.4, 0.5) is 8.78 Å². The third kappa shape index (κ3) is 2.60. The molecule has 0 unspecified atom stereocenters. The molecule has 6 heteroatoms. The Kier molecular flexibility index (Phi) is 3.92. The lowest BCUT2D eigenvalue weighted by Gasteiger charge is -2.05. The van der Waals surface area contributed by atoms with Crippen molar-refractivity contribution in [1.29, 1.82) is 10.5 Å². The van der Waals surface area contributed by atoms with Crippen LogP contribution in [-0.2, 0) is 6.42 Å². The molecule has 0 N–H and O–H groups in total. The Morgan fingerprint density at radius 1 is 1.47 bits per heavy atom. The lowest BCUT2D eigenvalue weighted by Crippen LogP contribution is -2.01. The van der Waals surface area contributed by atoms with E-state index in [0.29, 0.717) is 9.13 Å². The average molecular weight is 319 g/mol. The van der Waals surface area contributed by atoms with Gasteiger partial charge in [0.25, 0.3) is 6.43 Å². The Hall–Kier alpha value is -1.28. The van der Waals surface area contributed by atoms with Crippen molar-refractivity contribution in [2.75, 3.05) is 0 Å². The second kappa shape index (κ2) is 4.99. The Morgan fingerprint density at radius 2 is 2.13 bits per heavy atom. The molecule has 1 aromatic heterocycles. The Bertz CT molecular complexity index is 460. The van der Waals surface area contributed by atoms with E-state index in [0.717, 1.165) is 0 Å². The molecule has 3 nitrogen and oxygen atoms in total. The zero-order valence-electron chi connectivity index (χ0n) is 7.34. The minimum absolute atomic E-state index is 0.00230. The van der Waals surface area contributed by atoms with Crippen molar-refractivity contribution in [3.63, 3.8) is 0 Å². The summed E-state index contributed by atoms with van der Waals surface area (Å²) in [5, 5.41) is 17.2. The van der Waals surface area contributed by atoms with Crippen LogP contribution in [0, 0.1) is 26.2 Å². The van der Waals surface area contributed by atoms with Gasteiger partial charge in [-0.1, -0.05) is 0 Å². The summed E-state index contributed by atoms with van der Waals surface area (Å²) < 4.78 is 25.1. The van der Waals surface area contributed by atoms with Gasteiger partial charge in [-0.25, -0.2) is 13.8 Å². The molecule has 0 aliphatic heterocycles. The molecule has 0 saturated heterocycles. The minimum atomic E-state index is -2.71. The number of hydrogen-bond acceptors (Lipinski definition) is 3. The van der Waals surface area contributed by atoms with Crippen LogP contribution >= 0.6 is 22.6 Å². The van der Waals surface area contributed by atoms with Crippen LogP contribution in [0.25, 0.3) is 0 Å². The molecule has 0 fully saturated rings. The minimum Gasteiger partial charge on any atom is -0.236 e. The lowest BCUT2D eigenvalue weighted by molar-refractivity contribution is 0.146. The highest BCUT2D eigenvalue weighted by Crippen LogP contribution is 2.23. The smallest absolute Gasteiger partial charge is 0.236 e. The van der Waals surface area contributed by atoms with Gasteiger partial charge in [-0.2, -0.15) is 10.5 Å². The van der Waals surface area contributed by atoms with Crippen LogP contribution in [0.1, 0.15) is 23.4 Å². The van der Waals surface area contributed by atoms with Gasteiger partial charge in [0.05, 0.1) is 12.5 Å². The zero-order chi connectivity index (χ0) is 11.4. The van der Waals surface area contributed by atoms with E-state index in [1.165, 1.54) is 6.07 Å². The van der Waals surface area contributed by atoms with Crippen LogP contribution in [0.2, 0.25) is 0 Å². The van der Waals surface area contributed by atoms with Crippen LogP contribution in [0.3, 0.4) is 0 Å². The first kappa shape index (κ1) is 11.8. The maximum Gasteiger partial charge on any atom is 0.280 e. The van der Waals surface area contributed by atoms with E-state index >= 15 is 0 Å². The first-order chi connectivity index (χ1) is 7.10. The molecular formula is C9H4F2IN3. The van der Waals surface area contributed by atoms with Crippen molar-refractivity contribution in [2.24, 2.45) is 0 Å². The summed E-state index contributed by atoms with van der Waals surface area (Å²) in [4.78, 5) is 3.50. The van der Waals surface area contributed by atoms with E-state index < -0.39 is 12.1 Å². The van der Waals surface area contributed by atoms with E-state index in [9.17, 15) is 8.78 Å². The maximum absolute atomic E-state index is 12.3. The molecule has 0 saturated carbocycles. The number of alkyl halides is 2. The van der Waals surface area contributed by atoms with Gasteiger partial charge in [0, 0.05) is 9.13 Å². The fourth-order valence-electron chi connectivity index (χ4n) is 1.01. The van der Waals surface area contributed by atoms with Gasteiger partial charge >= 0.3 is 0 Å². The van der Waals surface area contributed by atoms with Gasteiger partial charge < -0.3 is 0 Å². The lowest BCUT2D eigenvalue weighted by atomic mass is 10.1. The van der Waals surface area contributed by atoms with Crippen LogP contribution in [-0.4, -0.2) is 4.98 Å². The molecule has 1 aromatic rings. The topological polar surface area (TPSA) is 60.5 Å². The van der Waals surface area contributed by atoms with E-state index in [1.807, 2.05) is 28.7 Å². The number of aromatic nitrogens is 1. The highest BCUT2D eigenvalue weighted by atomic mass is 127. The average Bonchev–Trinajstić information content (AvgIpc) is 2.20. The normalized spacial score (nSPS) is 9.73. The first-order valence-corrected chi connectivity index (χ1v) is 4.92. The van der Waals surface area contributed by atoms with Crippen LogP contribution in [0.15, 0.2) is 6.07 Å². The van der Waals surface area contributed by atoms with Gasteiger partial charge in [-0.3, -0.25) is 0 Å². The number of nitrogens with zero attached hydrogens (tertiary/aromatic N) is 3. The van der Waals surface area contributed by atoms with Crippen LogP contribution < -0.4 is 0 Å². The molecular weight excluding hydrogens is 315 g/mol. The molecule has 0 amide bonds. The summed E-state index contributed by atoms with van der Waals surface area (Å²) in [6, 6.07) is 4.77. The molecule has 1 heterocycles. The molecule has 0 aliphatic carbocycles. The third-order valence-corrected chi connectivity index (χ3v) is 2.64. The van der Waals surface area contributed by atoms with E-state index in [-0.39, 0.29) is 12.1 Å².